The first-order valence-electron chi connectivity index (χ1n) is 9.38. The molecule has 0 radical (unpaired) electrons. The van der Waals surface area contributed by atoms with Crippen LogP contribution in [-0.2, 0) is 16.4 Å². The average molecular weight is 405 g/mol. The van der Waals surface area contributed by atoms with Crippen LogP contribution in [0.4, 0.5) is 0 Å². The standard InChI is InChI=1S/C24H24N2O2S/c1-18(20-12-14-23(15-13-20)29(3,27)28)26(2)17-19-8-10-21(11-9-19)24-7-5-4-6-22(24)16-25/h4-15,18H,17H2,1-3H3/t18-/m0/s1. The minimum absolute atomic E-state index is 0.141. The molecule has 0 aliphatic carbocycles. The minimum atomic E-state index is -3.18. The smallest absolute Gasteiger partial charge is 0.175 e. The van der Waals surface area contributed by atoms with Gasteiger partial charge in [-0.15, -0.1) is 0 Å². The van der Waals surface area contributed by atoms with Crippen molar-refractivity contribution < 1.29 is 8.42 Å². The molecule has 0 saturated heterocycles. The lowest BCUT2D eigenvalue weighted by Crippen LogP contribution is -2.21. The first-order chi connectivity index (χ1) is 13.8. The summed E-state index contributed by atoms with van der Waals surface area (Å²) in [6.45, 7) is 2.86. The first-order valence-corrected chi connectivity index (χ1v) is 11.3. The SMILES string of the molecule is C[C@@H](c1ccc(S(C)(=O)=O)cc1)N(C)Cc1ccc(-c2ccccc2C#N)cc1. The van der Waals surface area contributed by atoms with E-state index in [1.807, 2.05) is 55.6 Å². The third-order valence-electron chi connectivity index (χ3n) is 5.20. The summed E-state index contributed by atoms with van der Waals surface area (Å²) in [7, 11) is -1.13. The van der Waals surface area contributed by atoms with Gasteiger partial charge in [-0.1, -0.05) is 54.6 Å². The van der Waals surface area contributed by atoms with Crippen molar-refractivity contribution in [3.05, 3.63) is 89.5 Å². The maximum absolute atomic E-state index is 11.6. The van der Waals surface area contributed by atoms with E-state index in [0.717, 1.165) is 23.2 Å². The molecule has 0 aliphatic heterocycles. The number of hydrogen-bond donors (Lipinski definition) is 0. The maximum atomic E-state index is 11.6. The second-order valence-corrected chi connectivity index (χ2v) is 9.30. The molecular formula is C24H24N2O2S. The Labute approximate surface area is 173 Å². The van der Waals surface area contributed by atoms with Gasteiger partial charge in [0.15, 0.2) is 9.84 Å². The number of hydrogen-bond acceptors (Lipinski definition) is 4. The molecule has 5 heteroatoms. The van der Waals surface area contributed by atoms with Crippen LogP contribution in [0.15, 0.2) is 77.7 Å². The van der Waals surface area contributed by atoms with Gasteiger partial charge in [0, 0.05) is 18.8 Å². The van der Waals surface area contributed by atoms with E-state index >= 15 is 0 Å². The number of nitrogens with zero attached hydrogens (tertiary/aromatic N) is 2. The first kappa shape index (κ1) is 20.8. The summed E-state index contributed by atoms with van der Waals surface area (Å²) < 4.78 is 23.3. The summed E-state index contributed by atoms with van der Waals surface area (Å²) in [6, 6.07) is 25.3. The van der Waals surface area contributed by atoms with E-state index in [4.69, 9.17) is 0 Å². The molecule has 0 heterocycles. The number of sulfone groups is 1. The van der Waals surface area contributed by atoms with Gasteiger partial charge in [0.1, 0.15) is 0 Å². The normalized spacial score (nSPS) is 12.5. The summed E-state index contributed by atoms with van der Waals surface area (Å²) in [6.07, 6.45) is 1.22. The second-order valence-electron chi connectivity index (χ2n) is 7.29. The number of nitriles is 1. The van der Waals surface area contributed by atoms with Gasteiger partial charge >= 0.3 is 0 Å². The Hall–Kier alpha value is -2.94. The largest absolute Gasteiger partial charge is 0.295 e. The van der Waals surface area contributed by atoms with Crippen LogP contribution in [0.3, 0.4) is 0 Å². The minimum Gasteiger partial charge on any atom is -0.295 e. The fourth-order valence-corrected chi connectivity index (χ4v) is 3.93. The predicted octanol–water partition coefficient (Wildman–Crippen LogP) is 4.82. The third-order valence-corrected chi connectivity index (χ3v) is 6.32. The van der Waals surface area contributed by atoms with E-state index < -0.39 is 9.84 Å². The van der Waals surface area contributed by atoms with E-state index in [2.05, 4.69) is 30.0 Å². The Kier molecular flexibility index (Phi) is 6.17. The monoisotopic (exact) mass is 404 g/mol. The highest BCUT2D eigenvalue weighted by Gasteiger charge is 2.14. The van der Waals surface area contributed by atoms with Gasteiger partial charge < -0.3 is 0 Å². The molecule has 3 aromatic rings. The molecule has 3 aromatic carbocycles. The highest BCUT2D eigenvalue weighted by molar-refractivity contribution is 7.90. The highest BCUT2D eigenvalue weighted by Crippen LogP contribution is 2.25. The van der Waals surface area contributed by atoms with Crippen LogP contribution >= 0.6 is 0 Å². The van der Waals surface area contributed by atoms with E-state index in [1.54, 1.807) is 12.1 Å². The molecule has 0 N–H and O–H groups in total. The Balaban J connectivity index is 1.72. The van der Waals surface area contributed by atoms with Crippen LogP contribution < -0.4 is 0 Å². The molecule has 0 unspecified atom stereocenters. The van der Waals surface area contributed by atoms with Crippen LogP contribution in [0.25, 0.3) is 11.1 Å². The fourth-order valence-electron chi connectivity index (χ4n) is 3.29. The molecule has 1 atom stereocenters. The zero-order valence-electron chi connectivity index (χ0n) is 16.8. The Bertz CT molecular complexity index is 1130. The Morgan fingerprint density at radius 3 is 2.17 bits per heavy atom. The molecule has 148 valence electrons. The third kappa shape index (κ3) is 4.92. The summed E-state index contributed by atoms with van der Waals surface area (Å²) in [4.78, 5) is 2.55. The summed E-state index contributed by atoms with van der Waals surface area (Å²) in [5.41, 5.74) is 4.88. The van der Waals surface area contributed by atoms with Crippen molar-refractivity contribution in [2.45, 2.75) is 24.4 Å². The van der Waals surface area contributed by atoms with Crippen LogP contribution in [0.1, 0.15) is 29.7 Å². The molecule has 0 aliphatic rings. The molecule has 0 bridgehead atoms. The van der Waals surface area contributed by atoms with Gasteiger partial charge in [-0.2, -0.15) is 5.26 Å². The van der Waals surface area contributed by atoms with Crippen molar-refractivity contribution in [1.82, 2.24) is 4.90 Å². The van der Waals surface area contributed by atoms with E-state index in [1.165, 1.54) is 11.8 Å². The zero-order valence-corrected chi connectivity index (χ0v) is 17.6. The fraction of sp³-hybridized carbons (Fsp3) is 0.208. The summed E-state index contributed by atoms with van der Waals surface area (Å²) >= 11 is 0. The molecule has 0 aromatic heterocycles. The van der Waals surface area contributed by atoms with Crippen molar-refractivity contribution in [2.24, 2.45) is 0 Å². The van der Waals surface area contributed by atoms with E-state index in [0.29, 0.717) is 10.5 Å². The Morgan fingerprint density at radius 2 is 1.59 bits per heavy atom. The number of rotatable bonds is 6. The molecular weight excluding hydrogens is 380 g/mol. The van der Waals surface area contributed by atoms with Crippen molar-refractivity contribution in [2.75, 3.05) is 13.3 Å². The van der Waals surface area contributed by atoms with Crippen LogP contribution in [0, 0.1) is 11.3 Å². The van der Waals surface area contributed by atoms with Crippen LogP contribution in [-0.4, -0.2) is 26.6 Å². The van der Waals surface area contributed by atoms with Gasteiger partial charge in [0.25, 0.3) is 0 Å². The van der Waals surface area contributed by atoms with Gasteiger partial charge in [-0.3, -0.25) is 4.90 Å². The lowest BCUT2D eigenvalue weighted by atomic mass is 9.99. The van der Waals surface area contributed by atoms with E-state index in [9.17, 15) is 13.7 Å². The lowest BCUT2D eigenvalue weighted by molar-refractivity contribution is 0.253. The van der Waals surface area contributed by atoms with Crippen molar-refractivity contribution in [3.63, 3.8) is 0 Å². The summed E-state index contributed by atoms with van der Waals surface area (Å²) in [5.74, 6) is 0. The molecule has 29 heavy (non-hydrogen) atoms. The molecule has 0 fully saturated rings. The molecule has 0 spiro atoms. The summed E-state index contributed by atoms with van der Waals surface area (Å²) in [5, 5.41) is 9.29. The van der Waals surface area contributed by atoms with Crippen molar-refractivity contribution in [1.29, 1.82) is 5.26 Å². The van der Waals surface area contributed by atoms with Crippen LogP contribution in [0.5, 0.6) is 0 Å². The zero-order chi connectivity index (χ0) is 21.0. The molecule has 0 amide bonds. The van der Waals surface area contributed by atoms with Gasteiger partial charge in [0.05, 0.1) is 16.5 Å². The van der Waals surface area contributed by atoms with E-state index in [-0.39, 0.29) is 6.04 Å². The van der Waals surface area contributed by atoms with Crippen molar-refractivity contribution in [3.8, 4) is 17.2 Å². The molecule has 3 rings (SSSR count). The second kappa shape index (κ2) is 8.60. The van der Waals surface area contributed by atoms with Crippen LogP contribution in [0.2, 0.25) is 0 Å². The van der Waals surface area contributed by atoms with Gasteiger partial charge in [-0.05, 0) is 54.4 Å². The van der Waals surface area contributed by atoms with Gasteiger partial charge in [-0.25, -0.2) is 8.42 Å². The lowest BCUT2D eigenvalue weighted by Gasteiger charge is -2.25. The molecule has 0 saturated carbocycles. The Morgan fingerprint density at radius 1 is 0.966 bits per heavy atom. The predicted molar refractivity (Wildman–Crippen MR) is 116 cm³/mol. The molecule has 4 nitrogen and oxygen atoms in total. The quantitative estimate of drug-likeness (QED) is 0.591. The topological polar surface area (TPSA) is 61.2 Å². The number of benzene rings is 3. The average Bonchev–Trinajstić information content (AvgIpc) is 2.73. The van der Waals surface area contributed by atoms with Gasteiger partial charge in [0.2, 0.25) is 0 Å². The maximum Gasteiger partial charge on any atom is 0.175 e. The van der Waals surface area contributed by atoms with Crippen molar-refractivity contribution >= 4 is 9.84 Å². The highest BCUT2D eigenvalue weighted by atomic mass is 32.2.